The maximum absolute atomic E-state index is 11.5. The van der Waals surface area contributed by atoms with Gasteiger partial charge in [0.15, 0.2) is 11.4 Å². The minimum atomic E-state index is -0.624. The summed E-state index contributed by atoms with van der Waals surface area (Å²) < 4.78 is 5.74. The van der Waals surface area contributed by atoms with Crippen LogP contribution >= 0.6 is 0 Å². The predicted octanol–water partition coefficient (Wildman–Crippen LogP) is 1.39. The summed E-state index contributed by atoms with van der Waals surface area (Å²) in [6.07, 6.45) is 6.69. The smallest absolute Gasteiger partial charge is 0.271 e. The molecule has 3 N–H and O–H groups in total. The van der Waals surface area contributed by atoms with Gasteiger partial charge in [-0.25, -0.2) is 4.98 Å². The molecule has 0 radical (unpaired) electrons. The minimum Gasteiger partial charge on any atom is -0.491 e. The number of nitrogens with zero attached hydrogens (tertiary/aromatic N) is 1. The van der Waals surface area contributed by atoms with Gasteiger partial charge in [-0.05, 0) is 30.9 Å². The van der Waals surface area contributed by atoms with E-state index in [0.717, 1.165) is 0 Å². The van der Waals surface area contributed by atoms with Crippen molar-refractivity contribution in [3.63, 3.8) is 0 Å². The van der Waals surface area contributed by atoms with Crippen LogP contribution in [0.1, 0.15) is 48.3 Å². The van der Waals surface area contributed by atoms with Gasteiger partial charge in [0.05, 0.1) is 18.8 Å². The first-order valence-corrected chi connectivity index (χ1v) is 7.30. The Bertz CT molecular complexity index is 499. The summed E-state index contributed by atoms with van der Waals surface area (Å²) in [6, 6.07) is 3.41. The lowest BCUT2D eigenvalue weighted by Gasteiger charge is -2.22. The highest BCUT2D eigenvalue weighted by atomic mass is 16.5. The van der Waals surface area contributed by atoms with Crippen molar-refractivity contribution in [1.29, 1.82) is 0 Å². The van der Waals surface area contributed by atoms with E-state index in [-0.39, 0.29) is 12.2 Å². The number of primary amides is 1. The number of carbonyl (C=O) groups excluding carboxylic acids is 2. The number of aromatic nitrogens is 1. The average Bonchev–Trinajstić information content (AvgIpc) is 2.52. The molecule has 1 aromatic heterocycles. The fraction of sp³-hybridized carbons (Fsp3) is 0.533. The molecule has 0 atom stereocenters. The zero-order chi connectivity index (χ0) is 15.1. The third kappa shape index (κ3) is 4.44. The lowest BCUT2D eigenvalue weighted by Crippen LogP contribution is -2.20. The van der Waals surface area contributed by atoms with Crippen molar-refractivity contribution in [2.24, 2.45) is 11.7 Å². The second-order valence-electron chi connectivity index (χ2n) is 5.33. The van der Waals surface area contributed by atoms with E-state index in [4.69, 9.17) is 10.5 Å². The van der Waals surface area contributed by atoms with E-state index in [1.807, 2.05) is 0 Å². The maximum Gasteiger partial charge on any atom is 0.271 e. The van der Waals surface area contributed by atoms with E-state index in [2.05, 4.69) is 10.3 Å². The molecule has 6 nitrogen and oxygen atoms in total. The van der Waals surface area contributed by atoms with Crippen LogP contribution in [-0.2, 0) is 11.3 Å². The first-order chi connectivity index (χ1) is 10.2. The molecule has 1 fully saturated rings. The van der Waals surface area contributed by atoms with E-state index >= 15 is 0 Å². The number of amides is 2. The topological polar surface area (TPSA) is 94.3 Å². The molecule has 0 saturated heterocycles. The van der Waals surface area contributed by atoms with Crippen molar-refractivity contribution in [2.45, 2.75) is 38.6 Å². The van der Waals surface area contributed by atoms with E-state index < -0.39 is 5.91 Å². The number of nitrogens with two attached hydrogens (primary N) is 1. The predicted molar refractivity (Wildman–Crippen MR) is 77.7 cm³/mol. The average molecular weight is 291 g/mol. The van der Waals surface area contributed by atoms with Crippen LogP contribution < -0.4 is 15.8 Å². The lowest BCUT2D eigenvalue weighted by atomic mass is 9.90. The Morgan fingerprint density at radius 1 is 1.38 bits per heavy atom. The third-order valence-corrected chi connectivity index (χ3v) is 3.72. The van der Waals surface area contributed by atoms with E-state index in [1.165, 1.54) is 32.1 Å². The molecule has 1 aromatic rings. The number of pyridine rings is 1. The van der Waals surface area contributed by atoms with Gasteiger partial charge in [-0.1, -0.05) is 19.3 Å². The number of carbonyl (C=O) groups is 2. The molecule has 0 spiro atoms. The highest BCUT2D eigenvalue weighted by Crippen LogP contribution is 2.25. The van der Waals surface area contributed by atoms with Gasteiger partial charge >= 0.3 is 0 Å². The Kier molecular flexibility index (Phi) is 5.54. The number of nitrogens with one attached hydrogen (secondary N) is 1. The Labute approximate surface area is 124 Å². The number of ether oxygens (including phenoxy) is 1. The van der Waals surface area contributed by atoms with Gasteiger partial charge in [-0.15, -0.1) is 0 Å². The Morgan fingerprint density at radius 3 is 2.81 bits per heavy atom. The Balaban J connectivity index is 2.03. The molecule has 1 aliphatic carbocycles. The molecule has 6 heteroatoms. The van der Waals surface area contributed by atoms with Crippen LogP contribution in [0.5, 0.6) is 5.75 Å². The van der Waals surface area contributed by atoms with Crippen molar-refractivity contribution in [3.05, 3.63) is 23.5 Å². The SMILES string of the molecule is NC(=O)c1nc(CNC=O)ccc1OCC1CCCCC1. The van der Waals surface area contributed by atoms with Gasteiger partial charge in [-0.3, -0.25) is 9.59 Å². The number of rotatable bonds is 7. The molecule has 0 aliphatic heterocycles. The minimum absolute atomic E-state index is 0.121. The van der Waals surface area contributed by atoms with Crippen LogP contribution in [0.2, 0.25) is 0 Å². The summed E-state index contributed by atoms with van der Waals surface area (Å²) in [7, 11) is 0. The van der Waals surface area contributed by atoms with Crippen LogP contribution in [0.25, 0.3) is 0 Å². The molecular formula is C15H21N3O3. The van der Waals surface area contributed by atoms with Crippen LogP contribution in [0, 0.1) is 5.92 Å². The summed E-state index contributed by atoms with van der Waals surface area (Å²) in [5.74, 6) is 0.334. The molecular weight excluding hydrogens is 270 g/mol. The van der Waals surface area contributed by atoms with Crippen LogP contribution in [0.3, 0.4) is 0 Å². The van der Waals surface area contributed by atoms with Crippen LogP contribution in [-0.4, -0.2) is 23.9 Å². The zero-order valence-corrected chi connectivity index (χ0v) is 12.0. The molecule has 0 aromatic carbocycles. The highest BCUT2D eigenvalue weighted by Gasteiger charge is 2.17. The van der Waals surface area contributed by atoms with E-state index in [1.54, 1.807) is 12.1 Å². The monoisotopic (exact) mass is 291 g/mol. The fourth-order valence-corrected chi connectivity index (χ4v) is 2.59. The molecule has 21 heavy (non-hydrogen) atoms. The number of hydrogen-bond acceptors (Lipinski definition) is 4. The molecule has 2 amide bonds. The molecule has 2 rings (SSSR count). The molecule has 114 valence electrons. The van der Waals surface area contributed by atoms with Crippen LogP contribution in [0.15, 0.2) is 12.1 Å². The largest absolute Gasteiger partial charge is 0.491 e. The molecule has 1 aliphatic rings. The normalized spacial score (nSPS) is 15.4. The molecule has 0 unspecified atom stereocenters. The van der Waals surface area contributed by atoms with Gasteiger partial charge in [0.2, 0.25) is 6.41 Å². The summed E-state index contributed by atoms with van der Waals surface area (Å²) in [6.45, 7) is 0.848. The van der Waals surface area contributed by atoms with Crippen LogP contribution in [0.4, 0.5) is 0 Å². The Morgan fingerprint density at radius 2 is 2.14 bits per heavy atom. The molecule has 1 heterocycles. The third-order valence-electron chi connectivity index (χ3n) is 3.72. The van der Waals surface area contributed by atoms with Gasteiger partial charge < -0.3 is 15.8 Å². The second-order valence-corrected chi connectivity index (χ2v) is 5.33. The van der Waals surface area contributed by atoms with Gasteiger partial charge in [0.1, 0.15) is 0 Å². The first kappa shape index (κ1) is 15.3. The van der Waals surface area contributed by atoms with Crippen molar-refractivity contribution in [2.75, 3.05) is 6.61 Å². The van der Waals surface area contributed by atoms with Gasteiger partial charge in [0, 0.05) is 0 Å². The summed E-state index contributed by atoms with van der Waals surface area (Å²) in [4.78, 5) is 25.9. The number of hydrogen-bond donors (Lipinski definition) is 2. The van der Waals surface area contributed by atoms with Crippen molar-refractivity contribution in [1.82, 2.24) is 10.3 Å². The van der Waals surface area contributed by atoms with E-state index in [9.17, 15) is 9.59 Å². The fourth-order valence-electron chi connectivity index (χ4n) is 2.59. The highest BCUT2D eigenvalue weighted by molar-refractivity contribution is 5.93. The Hall–Kier alpha value is -2.11. The quantitative estimate of drug-likeness (QED) is 0.742. The van der Waals surface area contributed by atoms with Gasteiger partial charge in [-0.2, -0.15) is 0 Å². The first-order valence-electron chi connectivity index (χ1n) is 7.30. The zero-order valence-electron chi connectivity index (χ0n) is 12.0. The summed E-state index contributed by atoms with van der Waals surface area (Å²) in [5.41, 5.74) is 6.04. The van der Waals surface area contributed by atoms with Crippen molar-refractivity contribution >= 4 is 12.3 Å². The summed E-state index contributed by atoms with van der Waals surface area (Å²) in [5, 5.41) is 2.50. The summed E-state index contributed by atoms with van der Waals surface area (Å²) >= 11 is 0. The lowest BCUT2D eigenvalue weighted by molar-refractivity contribution is -0.109. The maximum atomic E-state index is 11.5. The van der Waals surface area contributed by atoms with Gasteiger partial charge in [0.25, 0.3) is 5.91 Å². The molecule has 1 saturated carbocycles. The van der Waals surface area contributed by atoms with E-state index in [0.29, 0.717) is 30.4 Å². The standard InChI is InChI=1S/C15H21N3O3/c16-15(20)14-13(7-6-12(18-14)8-17-10-19)21-9-11-4-2-1-3-5-11/h6-7,10-11H,1-5,8-9H2,(H2,16,20)(H,17,19). The molecule has 0 bridgehead atoms. The van der Waals surface area contributed by atoms with Crippen molar-refractivity contribution < 1.29 is 14.3 Å². The van der Waals surface area contributed by atoms with Crippen molar-refractivity contribution in [3.8, 4) is 5.75 Å². The second kappa shape index (κ2) is 7.61.